The Morgan fingerprint density at radius 1 is 0.970 bits per heavy atom. The number of rotatable bonds is 10. The minimum absolute atomic E-state index is 0.0162. The number of nitrogens with one attached hydrogen (secondary N) is 1. The third-order valence-corrected chi connectivity index (χ3v) is 6.32. The van der Waals surface area contributed by atoms with Crippen LogP contribution in [0.15, 0.2) is 83.8 Å². The van der Waals surface area contributed by atoms with Gasteiger partial charge in [0.1, 0.15) is 18.0 Å². The highest BCUT2D eigenvalue weighted by Crippen LogP contribution is 2.32. The van der Waals surface area contributed by atoms with E-state index in [-0.39, 0.29) is 16.7 Å². The van der Waals surface area contributed by atoms with E-state index in [4.69, 9.17) is 9.47 Å². The molecule has 7 nitrogen and oxygen atoms in total. The summed E-state index contributed by atoms with van der Waals surface area (Å²) in [5, 5.41) is 2.76. The molecule has 0 atom stereocenters. The quantitative estimate of drug-likeness (QED) is 0.466. The van der Waals surface area contributed by atoms with Gasteiger partial charge in [0.15, 0.2) is 0 Å². The highest BCUT2D eigenvalue weighted by Gasteiger charge is 2.29. The predicted octanol–water partition coefficient (Wildman–Crippen LogP) is 4.71. The van der Waals surface area contributed by atoms with E-state index in [1.807, 2.05) is 20.8 Å². The number of amides is 1. The van der Waals surface area contributed by atoms with Crippen LogP contribution in [0.4, 0.5) is 11.4 Å². The van der Waals surface area contributed by atoms with Gasteiger partial charge in [0.2, 0.25) is 5.91 Å². The number of carbonyl (C=O) groups is 1. The molecule has 0 saturated heterocycles. The Morgan fingerprint density at radius 2 is 1.67 bits per heavy atom. The highest BCUT2D eigenvalue weighted by atomic mass is 32.2. The van der Waals surface area contributed by atoms with Crippen molar-refractivity contribution in [2.24, 2.45) is 0 Å². The summed E-state index contributed by atoms with van der Waals surface area (Å²) >= 11 is 0. The molecule has 3 rings (SSSR count). The van der Waals surface area contributed by atoms with Gasteiger partial charge < -0.3 is 14.8 Å². The summed E-state index contributed by atoms with van der Waals surface area (Å²) in [5.74, 6) is 0.486. The van der Waals surface area contributed by atoms with Crippen LogP contribution in [0.3, 0.4) is 0 Å². The van der Waals surface area contributed by atoms with E-state index >= 15 is 0 Å². The number of anilines is 2. The largest absolute Gasteiger partial charge is 0.492 e. The van der Waals surface area contributed by atoms with E-state index in [0.29, 0.717) is 23.8 Å². The van der Waals surface area contributed by atoms with Crippen molar-refractivity contribution in [1.82, 2.24) is 0 Å². The van der Waals surface area contributed by atoms with Crippen LogP contribution in [0.1, 0.15) is 20.8 Å². The van der Waals surface area contributed by atoms with Crippen LogP contribution in [0, 0.1) is 0 Å². The summed E-state index contributed by atoms with van der Waals surface area (Å²) in [5.41, 5.74) is 0.795. The highest BCUT2D eigenvalue weighted by molar-refractivity contribution is 7.92. The second-order valence-electron chi connectivity index (χ2n) is 7.47. The lowest BCUT2D eigenvalue weighted by molar-refractivity contribution is -0.114. The Morgan fingerprint density at radius 3 is 2.36 bits per heavy atom. The van der Waals surface area contributed by atoms with Crippen LogP contribution in [0.2, 0.25) is 0 Å². The van der Waals surface area contributed by atoms with Crippen LogP contribution >= 0.6 is 0 Å². The minimum Gasteiger partial charge on any atom is -0.492 e. The summed E-state index contributed by atoms with van der Waals surface area (Å²) in [6.45, 7) is 5.55. The molecule has 0 aliphatic rings. The van der Waals surface area contributed by atoms with Gasteiger partial charge in [0.05, 0.1) is 23.3 Å². The fraction of sp³-hybridized carbons (Fsp3) is 0.240. The molecule has 3 aromatic rings. The standard InChI is InChI=1S/C25H28N2O5S/c1-4-31-24-16-9-8-15-23(24)27(33(29,30)22-13-6-5-7-14-22)18-25(28)26-20-11-10-12-21(17-20)32-19(2)3/h5-17,19H,4,18H2,1-3H3,(H,26,28). The first-order valence-corrected chi connectivity index (χ1v) is 12.1. The number of carbonyl (C=O) groups excluding carboxylic acids is 1. The van der Waals surface area contributed by atoms with Crippen LogP contribution in [-0.2, 0) is 14.8 Å². The van der Waals surface area contributed by atoms with Crippen molar-refractivity contribution in [3.05, 3.63) is 78.9 Å². The number of ether oxygens (including phenoxy) is 2. The van der Waals surface area contributed by atoms with Gasteiger partial charge in [-0.3, -0.25) is 9.10 Å². The monoisotopic (exact) mass is 468 g/mol. The molecule has 0 fully saturated rings. The number of hydrogen-bond acceptors (Lipinski definition) is 5. The molecular weight excluding hydrogens is 440 g/mol. The molecule has 0 radical (unpaired) electrons. The molecule has 0 unspecified atom stereocenters. The fourth-order valence-corrected chi connectivity index (χ4v) is 4.66. The van der Waals surface area contributed by atoms with Crippen molar-refractivity contribution < 1.29 is 22.7 Å². The number of hydrogen-bond donors (Lipinski definition) is 1. The molecule has 0 heterocycles. The van der Waals surface area contributed by atoms with E-state index < -0.39 is 22.5 Å². The average molecular weight is 469 g/mol. The van der Waals surface area contributed by atoms with Crippen LogP contribution in [0.5, 0.6) is 11.5 Å². The Kier molecular flexibility index (Phi) is 7.95. The second-order valence-corrected chi connectivity index (χ2v) is 9.33. The molecular formula is C25H28N2O5S. The molecule has 0 aromatic heterocycles. The summed E-state index contributed by atoms with van der Waals surface area (Å²) in [6.07, 6.45) is -0.0162. The summed E-state index contributed by atoms with van der Waals surface area (Å²) in [6, 6.07) is 21.7. The number of sulfonamides is 1. The number of para-hydroxylation sites is 2. The maximum absolute atomic E-state index is 13.5. The van der Waals surface area contributed by atoms with Gasteiger partial charge in [-0.2, -0.15) is 0 Å². The van der Waals surface area contributed by atoms with Crippen molar-refractivity contribution in [2.75, 3.05) is 22.8 Å². The van der Waals surface area contributed by atoms with E-state index in [1.165, 1.54) is 12.1 Å². The van der Waals surface area contributed by atoms with Crippen molar-refractivity contribution in [3.8, 4) is 11.5 Å². The topological polar surface area (TPSA) is 84.9 Å². The number of nitrogens with zero attached hydrogens (tertiary/aromatic N) is 1. The molecule has 0 bridgehead atoms. The molecule has 1 amide bonds. The Bertz CT molecular complexity index is 1180. The van der Waals surface area contributed by atoms with Crippen LogP contribution < -0.4 is 19.1 Å². The lowest BCUT2D eigenvalue weighted by Gasteiger charge is -2.26. The van der Waals surface area contributed by atoms with Gasteiger partial charge in [0, 0.05) is 11.8 Å². The third-order valence-electron chi connectivity index (χ3n) is 4.54. The first-order chi connectivity index (χ1) is 15.8. The van der Waals surface area contributed by atoms with Crippen molar-refractivity contribution in [1.29, 1.82) is 0 Å². The SMILES string of the molecule is CCOc1ccccc1N(CC(=O)Nc1cccc(OC(C)C)c1)S(=O)(=O)c1ccccc1. The Labute approximate surface area is 195 Å². The van der Waals surface area contributed by atoms with Gasteiger partial charge in [-0.05, 0) is 57.2 Å². The van der Waals surface area contributed by atoms with Gasteiger partial charge in [-0.15, -0.1) is 0 Å². The molecule has 0 spiro atoms. The van der Waals surface area contributed by atoms with Gasteiger partial charge >= 0.3 is 0 Å². The molecule has 3 aromatic carbocycles. The maximum atomic E-state index is 13.5. The normalized spacial score (nSPS) is 11.2. The van der Waals surface area contributed by atoms with Crippen LogP contribution in [0.25, 0.3) is 0 Å². The van der Waals surface area contributed by atoms with Gasteiger partial charge in [-0.25, -0.2) is 8.42 Å². The third kappa shape index (κ3) is 6.26. The van der Waals surface area contributed by atoms with Crippen molar-refractivity contribution >= 4 is 27.3 Å². The first kappa shape index (κ1) is 24.1. The summed E-state index contributed by atoms with van der Waals surface area (Å²) in [7, 11) is -4.04. The van der Waals surface area contributed by atoms with E-state index in [9.17, 15) is 13.2 Å². The minimum atomic E-state index is -4.04. The van der Waals surface area contributed by atoms with Gasteiger partial charge in [0.25, 0.3) is 10.0 Å². The zero-order valence-electron chi connectivity index (χ0n) is 18.9. The van der Waals surface area contributed by atoms with E-state index in [2.05, 4.69) is 5.32 Å². The number of benzene rings is 3. The zero-order valence-corrected chi connectivity index (χ0v) is 19.7. The smallest absolute Gasteiger partial charge is 0.264 e. The van der Waals surface area contributed by atoms with E-state index in [1.54, 1.807) is 66.7 Å². The molecule has 0 saturated carbocycles. The lowest BCUT2D eigenvalue weighted by atomic mass is 10.2. The average Bonchev–Trinajstić information content (AvgIpc) is 2.78. The molecule has 1 N–H and O–H groups in total. The molecule has 0 aliphatic carbocycles. The molecule has 174 valence electrons. The van der Waals surface area contributed by atoms with Gasteiger partial charge in [-0.1, -0.05) is 36.4 Å². The first-order valence-electron chi connectivity index (χ1n) is 10.7. The molecule has 0 aliphatic heterocycles. The van der Waals surface area contributed by atoms with E-state index in [0.717, 1.165) is 4.31 Å². The summed E-state index contributed by atoms with van der Waals surface area (Å²) < 4.78 is 39.4. The second kappa shape index (κ2) is 10.9. The van der Waals surface area contributed by atoms with Crippen molar-refractivity contribution in [2.45, 2.75) is 31.8 Å². The fourth-order valence-electron chi connectivity index (χ4n) is 3.21. The maximum Gasteiger partial charge on any atom is 0.264 e. The Hall–Kier alpha value is -3.52. The molecule has 33 heavy (non-hydrogen) atoms. The molecule has 8 heteroatoms. The zero-order chi connectivity index (χ0) is 23.8. The van der Waals surface area contributed by atoms with Crippen LogP contribution in [-0.4, -0.2) is 33.6 Å². The Balaban J connectivity index is 1.93. The summed E-state index contributed by atoms with van der Waals surface area (Å²) in [4.78, 5) is 13.1. The lowest BCUT2D eigenvalue weighted by Crippen LogP contribution is -2.38. The predicted molar refractivity (Wildman–Crippen MR) is 129 cm³/mol. The van der Waals surface area contributed by atoms with Crippen molar-refractivity contribution in [3.63, 3.8) is 0 Å².